The highest BCUT2D eigenvalue weighted by molar-refractivity contribution is 6.30. The van der Waals surface area contributed by atoms with Crippen molar-refractivity contribution in [2.45, 2.75) is 33.0 Å². The number of nitrogens with zero attached hydrogens (tertiary/aromatic N) is 3. The van der Waals surface area contributed by atoms with Crippen LogP contribution in [0.2, 0.25) is 5.02 Å². The molecule has 1 fully saturated rings. The Morgan fingerprint density at radius 2 is 1.89 bits per heavy atom. The molecule has 1 unspecified atom stereocenters. The van der Waals surface area contributed by atoms with Crippen LogP contribution in [0.15, 0.2) is 66.9 Å². The number of aromatic nitrogens is 1. The first-order chi connectivity index (χ1) is 17.9. The molecule has 192 valence electrons. The number of halogens is 1. The van der Waals surface area contributed by atoms with Gasteiger partial charge in [0.15, 0.2) is 0 Å². The van der Waals surface area contributed by atoms with Crippen LogP contribution in [-0.2, 0) is 16.1 Å². The lowest BCUT2D eigenvalue weighted by Gasteiger charge is -2.40. The molecule has 1 N–H and O–H groups in total. The summed E-state index contributed by atoms with van der Waals surface area (Å²) in [5.74, 6) is 0.0853. The van der Waals surface area contributed by atoms with E-state index in [2.05, 4.69) is 10.3 Å². The van der Waals surface area contributed by atoms with Crippen molar-refractivity contribution in [3.05, 3.63) is 83.0 Å². The third kappa shape index (κ3) is 6.37. The Kier molecular flexibility index (Phi) is 8.25. The molecule has 4 rings (SSSR count). The minimum atomic E-state index is -0.562. The van der Waals surface area contributed by atoms with Crippen molar-refractivity contribution in [2.75, 3.05) is 18.5 Å². The second-order valence-electron chi connectivity index (χ2n) is 8.27. The van der Waals surface area contributed by atoms with E-state index in [-0.39, 0.29) is 25.0 Å². The molecule has 1 aliphatic heterocycles. The van der Waals surface area contributed by atoms with Gasteiger partial charge in [0.1, 0.15) is 11.9 Å². The maximum Gasteiger partial charge on any atom is 0.338 e. The van der Waals surface area contributed by atoms with E-state index in [1.807, 2.05) is 12.1 Å². The summed E-state index contributed by atoms with van der Waals surface area (Å²) in [6.07, 6.45) is 1.12. The Bertz CT molecular complexity index is 1270. The van der Waals surface area contributed by atoms with Crippen LogP contribution in [-0.4, -0.2) is 52.0 Å². The number of pyridine rings is 1. The van der Waals surface area contributed by atoms with Gasteiger partial charge in [-0.15, -0.1) is 0 Å². The minimum Gasteiger partial charge on any atom is -0.462 e. The summed E-state index contributed by atoms with van der Waals surface area (Å²) < 4.78 is 10.8. The van der Waals surface area contributed by atoms with Crippen LogP contribution in [0.5, 0.6) is 11.6 Å². The lowest BCUT2D eigenvalue weighted by molar-refractivity contribution is -0.132. The summed E-state index contributed by atoms with van der Waals surface area (Å²) in [7, 11) is 0. The number of carbonyl (C=O) groups excluding carboxylic acids is 3. The predicted octanol–water partition coefficient (Wildman–Crippen LogP) is 5.32. The minimum absolute atomic E-state index is 0.117. The number of amides is 3. The summed E-state index contributed by atoms with van der Waals surface area (Å²) >= 11 is 6.00. The molecule has 2 aromatic carbocycles. The van der Waals surface area contributed by atoms with Gasteiger partial charge < -0.3 is 14.8 Å². The second-order valence-corrected chi connectivity index (χ2v) is 8.71. The third-order valence-electron chi connectivity index (χ3n) is 5.74. The van der Waals surface area contributed by atoms with Gasteiger partial charge in [0.05, 0.1) is 30.5 Å². The summed E-state index contributed by atoms with van der Waals surface area (Å²) in [6.45, 7) is 4.41. The van der Waals surface area contributed by atoms with Crippen LogP contribution in [0.3, 0.4) is 0 Å². The molecular weight excluding hydrogens is 496 g/mol. The Hall–Kier alpha value is -4.11. The Labute approximate surface area is 219 Å². The topological polar surface area (TPSA) is 101 Å². The van der Waals surface area contributed by atoms with Crippen molar-refractivity contribution in [1.29, 1.82) is 0 Å². The summed E-state index contributed by atoms with van der Waals surface area (Å²) in [4.78, 5) is 44.9. The maximum atomic E-state index is 13.1. The molecule has 1 atom stereocenters. The molecule has 10 heteroatoms. The van der Waals surface area contributed by atoms with Crippen molar-refractivity contribution >= 4 is 35.2 Å². The van der Waals surface area contributed by atoms with E-state index in [1.54, 1.807) is 73.5 Å². The monoisotopic (exact) mass is 522 g/mol. The van der Waals surface area contributed by atoms with E-state index >= 15 is 0 Å². The SMILES string of the molecule is CCOC(=O)c1cccc(Oc2ccc(NC3CC(=O)N(CC)C(=O)N3Cc3ccc(Cl)cc3)cn2)c1. The molecule has 1 saturated heterocycles. The molecule has 0 saturated carbocycles. The van der Waals surface area contributed by atoms with Gasteiger partial charge in [-0.1, -0.05) is 29.8 Å². The van der Waals surface area contributed by atoms with Crippen molar-refractivity contribution in [3.63, 3.8) is 0 Å². The number of imide groups is 1. The number of urea groups is 1. The number of esters is 1. The normalized spacial score (nSPS) is 15.5. The number of hydrogen-bond donors (Lipinski definition) is 1. The predicted molar refractivity (Wildman–Crippen MR) is 139 cm³/mol. The lowest BCUT2D eigenvalue weighted by Crippen LogP contribution is -2.58. The van der Waals surface area contributed by atoms with Gasteiger partial charge in [-0.25, -0.2) is 14.6 Å². The van der Waals surface area contributed by atoms with Gasteiger partial charge in [-0.05, 0) is 55.8 Å². The maximum absolute atomic E-state index is 13.1. The average Bonchev–Trinajstić information content (AvgIpc) is 2.89. The van der Waals surface area contributed by atoms with Crippen molar-refractivity contribution in [2.24, 2.45) is 0 Å². The molecule has 0 spiro atoms. The zero-order chi connectivity index (χ0) is 26.4. The second kappa shape index (κ2) is 11.7. The Balaban J connectivity index is 1.47. The number of rotatable bonds is 9. The molecule has 0 bridgehead atoms. The van der Waals surface area contributed by atoms with Gasteiger partial charge in [0.25, 0.3) is 0 Å². The molecule has 0 aliphatic carbocycles. The van der Waals surface area contributed by atoms with Gasteiger partial charge in [0, 0.05) is 24.2 Å². The highest BCUT2D eigenvalue weighted by Crippen LogP contribution is 2.25. The Morgan fingerprint density at radius 3 is 2.57 bits per heavy atom. The molecule has 3 amide bonds. The molecule has 37 heavy (non-hydrogen) atoms. The smallest absolute Gasteiger partial charge is 0.338 e. The molecule has 0 radical (unpaired) electrons. The first-order valence-electron chi connectivity index (χ1n) is 11.9. The molecular formula is C27H27ClN4O5. The number of ether oxygens (including phenoxy) is 2. The van der Waals surface area contributed by atoms with E-state index in [0.717, 1.165) is 5.56 Å². The molecule has 3 aromatic rings. The van der Waals surface area contributed by atoms with Crippen LogP contribution < -0.4 is 10.1 Å². The van der Waals surface area contributed by atoms with Crippen molar-refractivity contribution < 1.29 is 23.9 Å². The van der Waals surface area contributed by atoms with Gasteiger partial charge in [-0.2, -0.15) is 0 Å². The van der Waals surface area contributed by atoms with E-state index in [1.165, 1.54) is 4.90 Å². The standard InChI is InChI=1S/C27H27ClN4O5/c1-3-31-25(33)15-23(32(27(31)35)17-18-8-10-20(28)11-9-18)30-21-12-13-24(29-16-21)37-22-7-5-6-19(14-22)26(34)36-4-2/h5-14,16,23,30H,3-4,15,17H2,1-2H3. The highest BCUT2D eigenvalue weighted by Gasteiger charge is 2.38. The molecule has 9 nitrogen and oxygen atoms in total. The largest absolute Gasteiger partial charge is 0.462 e. The zero-order valence-corrected chi connectivity index (χ0v) is 21.3. The first kappa shape index (κ1) is 26.0. The Morgan fingerprint density at radius 1 is 1.11 bits per heavy atom. The molecule has 1 aliphatic rings. The number of hydrogen-bond acceptors (Lipinski definition) is 7. The van der Waals surface area contributed by atoms with Crippen molar-refractivity contribution in [1.82, 2.24) is 14.8 Å². The van der Waals surface area contributed by atoms with Crippen LogP contribution in [0.4, 0.5) is 10.5 Å². The average molecular weight is 523 g/mol. The van der Waals surface area contributed by atoms with E-state index in [4.69, 9.17) is 21.1 Å². The fourth-order valence-corrected chi connectivity index (χ4v) is 4.05. The van der Waals surface area contributed by atoms with Crippen molar-refractivity contribution in [3.8, 4) is 11.6 Å². The quantitative estimate of drug-likeness (QED) is 0.380. The van der Waals surface area contributed by atoms with Crippen LogP contribution in [0.25, 0.3) is 0 Å². The van der Waals surface area contributed by atoms with Gasteiger partial charge in [-0.3, -0.25) is 14.6 Å². The van der Waals surface area contributed by atoms with Crippen LogP contribution in [0, 0.1) is 0 Å². The zero-order valence-electron chi connectivity index (χ0n) is 20.5. The fourth-order valence-electron chi connectivity index (χ4n) is 3.93. The summed E-state index contributed by atoms with van der Waals surface area (Å²) in [6, 6.07) is 16.9. The summed E-state index contributed by atoms with van der Waals surface area (Å²) in [5, 5.41) is 3.86. The number of nitrogens with one attached hydrogen (secondary N) is 1. The number of carbonyl (C=O) groups is 3. The molecule has 2 heterocycles. The van der Waals surface area contributed by atoms with Gasteiger partial charge >= 0.3 is 12.0 Å². The fraction of sp³-hybridized carbons (Fsp3) is 0.259. The molecule has 1 aromatic heterocycles. The van der Waals surface area contributed by atoms with Crippen LogP contribution >= 0.6 is 11.6 Å². The van der Waals surface area contributed by atoms with Gasteiger partial charge in [0.2, 0.25) is 11.8 Å². The highest BCUT2D eigenvalue weighted by atomic mass is 35.5. The first-order valence-corrected chi connectivity index (χ1v) is 12.3. The summed E-state index contributed by atoms with van der Waals surface area (Å²) in [5.41, 5.74) is 1.89. The van der Waals surface area contributed by atoms with E-state index < -0.39 is 12.1 Å². The van der Waals surface area contributed by atoms with Crippen LogP contribution in [0.1, 0.15) is 36.2 Å². The third-order valence-corrected chi connectivity index (χ3v) is 5.99. The number of benzene rings is 2. The van der Waals surface area contributed by atoms with E-state index in [9.17, 15) is 14.4 Å². The lowest BCUT2D eigenvalue weighted by atomic mass is 10.1. The van der Waals surface area contributed by atoms with E-state index in [0.29, 0.717) is 41.0 Å². The number of anilines is 1.